The summed E-state index contributed by atoms with van der Waals surface area (Å²) in [6.45, 7) is 7.69. The number of rotatable bonds is 6. The normalized spacial score (nSPS) is 15.6. The Balaban J connectivity index is 2.21. The molecule has 0 heterocycles. The fourth-order valence-electron chi connectivity index (χ4n) is 2.13. The molecule has 1 aromatic rings. The second kappa shape index (κ2) is 5.72. The van der Waals surface area contributed by atoms with Gasteiger partial charge in [0.2, 0.25) is 0 Å². The molecular formula is C16H25ClN2. The second-order valence-electron chi connectivity index (χ2n) is 6.15. The minimum absolute atomic E-state index is 0.155. The number of benzene rings is 1. The Hall–Kier alpha value is -0.730. The first-order valence-corrected chi connectivity index (χ1v) is 7.57. The fraction of sp³-hybridized carbons (Fsp3) is 0.625. The first kappa shape index (κ1) is 14.7. The molecule has 0 aliphatic heterocycles. The fourth-order valence-corrected chi connectivity index (χ4v) is 2.32. The molecule has 0 atom stereocenters. The molecular weight excluding hydrogens is 256 g/mol. The highest BCUT2D eigenvalue weighted by Crippen LogP contribution is 2.30. The number of hydrogen-bond acceptors (Lipinski definition) is 2. The lowest BCUT2D eigenvalue weighted by molar-refractivity contribution is 0.469. The van der Waals surface area contributed by atoms with Gasteiger partial charge in [-0.3, -0.25) is 0 Å². The monoisotopic (exact) mass is 280 g/mol. The Morgan fingerprint density at radius 2 is 2.05 bits per heavy atom. The zero-order valence-electron chi connectivity index (χ0n) is 12.5. The third kappa shape index (κ3) is 3.64. The Bertz CT molecular complexity index is 438. The number of nitrogens with one attached hydrogen (secondary N) is 1. The lowest BCUT2D eigenvalue weighted by atomic mass is 9.98. The van der Waals surface area contributed by atoms with Crippen LogP contribution >= 0.6 is 11.6 Å². The SMILES string of the molecule is CCC(C)(C)N(C)c1ccc(Cl)cc1CNC1CC1. The summed E-state index contributed by atoms with van der Waals surface area (Å²) in [5, 5.41) is 4.40. The minimum atomic E-state index is 0.155. The van der Waals surface area contributed by atoms with Crippen LogP contribution in [0, 0.1) is 0 Å². The second-order valence-corrected chi connectivity index (χ2v) is 6.59. The zero-order valence-corrected chi connectivity index (χ0v) is 13.2. The van der Waals surface area contributed by atoms with Crippen molar-refractivity contribution in [2.75, 3.05) is 11.9 Å². The van der Waals surface area contributed by atoms with Crippen molar-refractivity contribution in [1.29, 1.82) is 0 Å². The topological polar surface area (TPSA) is 15.3 Å². The lowest BCUT2D eigenvalue weighted by Gasteiger charge is -2.38. The van der Waals surface area contributed by atoms with E-state index in [2.05, 4.69) is 50.2 Å². The van der Waals surface area contributed by atoms with Gasteiger partial charge in [0.25, 0.3) is 0 Å². The van der Waals surface area contributed by atoms with Gasteiger partial charge in [-0.05, 0) is 56.9 Å². The van der Waals surface area contributed by atoms with Crippen LogP contribution in [0.5, 0.6) is 0 Å². The average molecular weight is 281 g/mol. The summed E-state index contributed by atoms with van der Waals surface area (Å²) in [5.41, 5.74) is 2.73. The third-order valence-corrected chi connectivity index (χ3v) is 4.57. The van der Waals surface area contributed by atoms with Gasteiger partial charge in [-0.2, -0.15) is 0 Å². The van der Waals surface area contributed by atoms with E-state index in [9.17, 15) is 0 Å². The van der Waals surface area contributed by atoms with Crippen LogP contribution in [0.25, 0.3) is 0 Å². The molecule has 0 amide bonds. The van der Waals surface area contributed by atoms with Gasteiger partial charge in [-0.1, -0.05) is 18.5 Å². The van der Waals surface area contributed by atoms with Gasteiger partial charge >= 0.3 is 0 Å². The zero-order chi connectivity index (χ0) is 14.0. The van der Waals surface area contributed by atoms with Crippen LogP contribution in [0.2, 0.25) is 5.02 Å². The summed E-state index contributed by atoms with van der Waals surface area (Å²) >= 11 is 6.15. The molecule has 1 N–H and O–H groups in total. The van der Waals surface area contributed by atoms with Gasteiger partial charge in [0, 0.05) is 35.9 Å². The van der Waals surface area contributed by atoms with E-state index in [1.165, 1.54) is 24.1 Å². The predicted octanol–water partition coefficient (Wildman–Crippen LogP) is 4.22. The Morgan fingerprint density at radius 3 is 2.63 bits per heavy atom. The number of anilines is 1. The van der Waals surface area contributed by atoms with E-state index in [-0.39, 0.29) is 5.54 Å². The van der Waals surface area contributed by atoms with Crippen LogP contribution in [0.1, 0.15) is 45.6 Å². The van der Waals surface area contributed by atoms with E-state index < -0.39 is 0 Å². The van der Waals surface area contributed by atoms with Crippen LogP contribution in [0.3, 0.4) is 0 Å². The van der Waals surface area contributed by atoms with E-state index in [0.717, 1.165) is 24.0 Å². The molecule has 0 unspecified atom stereocenters. The molecule has 106 valence electrons. The van der Waals surface area contributed by atoms with Gasteiger partial charge < -0.3 is 10.2 Å². The maximum Gasteiger partial charge on any atom is 0.0414 e. The van der Waals surface area contributed by atoms with Gasteiger partial charge in [0.05, 0.1) is 0 Å². The summed E-state index contributed by atoms with van der Waals surface area (Å²) in [5.74, 6) is 0. The maximum atomic E-state index is 6.15. The molecule has 0 aromatic heterocycles. The van der Waals surface area contributed by atoms with Gasteiger partial charge in [-0.15, -0.1) is 0 Å². The highest BCUT2D eigenvalue weighted by atomic mass is 35.5. The summed E-state index contributed by atoms with van der Waals surface area (Å²) in [6.07, 6.45) is 3.74. The Kier molecular flexibility index (Phi) is 4.42. The van der Waals surface area contributed by atoms with Gasteiger partial charge in [0.1, 0.15) is 0 Å². The molecule has 1 aromatic carbocycles. The van der Waals surface area contributed by atoms with Crippen LogP contribution in [0.4, 0.5) is 5.69 Å². The maximum absolute atomic E-state index is 6.15. The van der Waals surface area contributed by atoms with E-state index >= 15 is 0 Å². The molecule has 1 aliphatic rings. The van der Waals surface area contributed by atoms with Crippen LogP contribution in [-0.4, -0.2) is 18.6 Å². The summed E-state index contributed by atoms with van der Waals surface area (Å²) in [6, 6.07) is 6.94. The van der Waals surface area contributed by atoms with Crippen molar-refractivity contribution < 1.29 is 0 Å². The van der Waals surface area contributed by atoms with Crippen LogP contribution < -0.4 is 10.2 Å². The van der Waals surface area contributed by atoms with Crippen molar-refractivity contribution in [3.63, 3.8) is 0 Å². The third-order valence-electron chi connectivity index (χ3n) is 4.33. The van der Waals surface area contributed by atoms with Crippen molar-refractivity contribution in [1.82, 2.24) is 5.32 Å². The van der Waals surface area contributed by atoms with Crippen molar-refractivity contribution >= 4 is 17.3 Å². The molecule has 1 saturated carbocycles. The Labute approximate surface area is 122 Å². The molecule has 1 aliphatic carbocycles. The first-order valence-electron chi connectivity index (χ1n) is 7.19. The largest absolute Gasteiger partial charge is 0.369 e. The molecule has 3 heteroatoms. The quantitative estimate of drug-likeness (QED) is 0.839. The van der Waals surface area contributed by atoms with Crippen molar-refractivity contribution in [3.8, 4) is 0 Å². The lowest BCUT2D eigenvalue weighted by Crippen LogP contribution is -2.41. The van der Waals surface area contributed by atoms with Gasteiger partial charge in [-0.25, -0.2) is 0 Å². The van der Waals surface area contributed by atoms with Crippen LogP contribution in [-0.2, 0) is 6.54 Å². The highest BCUT2D eigenvalue weighted by Gasteiger charge is 2.25. The highest BCUT2D eigenvalue weighted by molar-refractivity contribution is 6.30. The molecule has 2 rings (SSSR count). The average Bonchev–Trinajstić information content (AvgIpc) is 3.19. The summed E-state index contributed by atoms with van der Waals surface area (Å²) in [4.78, 5) is 2.37. The van der Waals surface area contributed by atoms with E-state index in [1.807, 2.05) is 6.07 Å². The molecule has 19 heavy (non-hydrogen) atoms. The predicted molar refractivity (Wildman–Crippen MR) is 84.1 cm³/mol. The van der Waals surface area contributed by atoms with Crippen molar-refractivity contribution in [2.45, 2.75) is 58.2 Å². The molecule has 1 fully saturated rings. The summed E-state index contributed by atoms with van der Waals surface area (Å²) < 4.78 is 0. The molecule has 2 nitrogen and oxygen atoms in total. The molecule has 0 radical (unpaired) electrons. The standard InChI is InChI=1S/C16H25ClN2/c1-5-16(2,3)19(4)15-9-6-13(17)10-12(15)11-18-14-7-8-14/h6,9-10,14,18H,5,7-8,11H2,1-4H3. The first-order chi connectivity index (χ1) is 8.94. The van der Waals surface area contributed by atoms with Crippen LogP contribution in [0.15, 0.2) is 18.2 Å². The van der Waals surface area contributed by atoms with E-state index in [4.69, 9.17) is 11.6 Å². The molecule has 0 saturated heterocycles. The van der Waals surface area contributed by atoms with Crippen molar-refractivity contribution in [2.24, 2.45) is 0 Å². The molecule has 0 spiro atoms. The number of nitrogens with zero attached hydrogens (tertiary/aromatic N) is 1. The smallest absolute Gasteiger partial charge is 0.0414 e. The minimum Gasteiger partial charge on any atom is -0.369 e. The summed E-state index contributed by atoms with van der Waals surface area (Å²) in [7, 11) is 2.17. The Morgan fingerprint density at radius 1 is 1.37 bits per heavy atom. The van der Waals surface area contributed by atoms with Crippen molar-refractivity contribution in [3.05, 3.63) is 28.8 Å². The van der Waals surface area contributed by atoms with Gasteiger partial charge in [0.15, 0.2) is 0 Å². The number of hydrogen-bond donors (Lipinski definition) is 1. The van der Waals surface area contributed by atoms with E-state index in [1.54, 1.807) is 0 Å². The number of halogens is 1. The van der Waals surface area contributed by atoms with E-state index in [0.29, 0.717) is 0 Å². The molecule has 0 bridgehead atoms.